The van der Waals surface area contributed by atoms with Gasteiger partial charge in [-0.05, 0) is 49.2 Å². The molecule has 0 saturated carbocycles. The van der Waals surface area contributed by atoms with Crippen molar-refractivity contribution in [1.82, 2.24) is 5.43 Å². The number of nitrogens with zero attached hydrogens (tertiary/aromatic N) is 1. The zero-order chi connectivity index (χ0) is 18.2. The quantitative estimate of drug-likeness (QED) is 0.860. The highest BCUT2D eigenvalue weighted by molar-refractivity contribution is 7.90. The normalized spacial score (nSPS) is 13.7. The van der Waals surface area contributed by atoms with Gasteiger partial charge < -0.3 is 0 Å². The fourth-order valence-electron chi connectivity index (χ4n) is 2.81. The molecule has 1 aliphatic rings. The molecule has 2 aromatic carbocycles. The third-order valence-corrected chi connectivity index (χ3v) is 5.25. The topological polar surface area (TPSA) is 49.4 Å². The Balaban J connectivity index is 2.05. The molecule has 1 aliphatic heterocycles. The van der Waals surface area contributed by atoms with E-state index in [0.717, 1.165) is 28.1 Å². The van der Waals surface area contributed by atoms with Gasteiger partial charge in [-0.1, -0.05) is 30.2 Å². The molecule has 1 heterocycles. The van der Waals surface area contributed by atoms with Crippen LogP contribution < -0.4 is 10.4 Å². The van der Waals surface area contributed by atoms with Crippen LogP contribution >= 0.6 is 0 Å². The summed E-state index contributed by atoms with van der Waals surface area (Å²) in [5.41, 5.74) is 8.05. The van der Waals surface area contributed by atoms with Gasteiger partial charge in [0.05, 0.1) is 10.6 Å². The van der Waals surface area contributed by atoms with Crippen LogP contribution in [0.5, 0.6) is 0 Å². The van der Waals surface area contributed by atoms with Gasteiger partial charge in [-0.25, -0.2) is 8.42 Å². The number of benzene rings is 2. The van der Waals surface area contributed by atoms with Gasteiger partial charge in [0.2, 0.25) is 0 Å². The van der Waals surface area contributed by atoms with Crippen LogP contribution in [0.1, 0.15) is 19.4 Å². The van der Waals surface area contributed by atoms with Crippen molar-refractivity contribution in [1.29, 1.82) is 0 Å². The maximum absolute atomic E-state index is 11.6. The van der Waals surface area contributed by atoms with Gasteiger partial charge in [0.25, 0.3) is 0 Å². The predicted molar refractivity (Wildman–Crippen MR) is 103 cm³/mol. The Morgan fingerprint density at radius 2 is 1.72 bits per heavy atom. The fraction of sp³-hybridized carbons (Fsp3) is 0.200. The molecule has 128 valence electrons. The van der Waals surface area contributed by atoms with Crippen molar-refractivity contribution < 1.29 is 8.42 Å². The predicted octanol–water partition coefficient (Wildman–Crippen LogP) is 3.46. The minimum Gasteiger partial charge on any atom is -0.290 e. The second-order valence-corrected chi connectivity index (χ2v) is 8.36. The second kappa shape index (κ2) is 6.30. The van der Waals surface area contributed by atoms with E-state index in [0.29, 0.717) is 4.90 Å². The summed E-state index contributed by atoms with van der Waals surface area (Å²) in [6, 6.07) is 13.3. The Bertz CT molecular complexity index is 981. The number of allylic oxidation sites excluding steroid dienone is 1. The van der Waals surface area contributed by atoms with E-state index >= 15 is 0 Å². The van der Waals surface area contributed by atoms with Crippen molar-refractivity contribution in [2.75, 3.05) is 11.3 Å². The minimum atomic E-state index is -3.19. The van der Waals surface area contributed by atoms with Crippen LogP contribution in [0.2, 0.25) is 0 Å². The smallest absolute Gasteiger partial charge is 0.175 e. The summed E-state index contributed by atoms with van der Waals surface area (Å²) in [7, 11) is -3.19. The molecule has 2 aromatic rings. The standard InChI is InChI=1S/C20H20N2O2S/c1-5-18-12-17-7-6-16(13-20(17)22(21-18)14(2)3)15-8-10-19(11-9-15)25(4,23)24/h1,6-14,21H,2-4H3. The molecule has 3 rings (SSSR count). The number of hydrogen-bond acceptors (Lipinski definition) is 4. The van der Waals surface area contributed by atoms with Crippen LogP contribution in [0.4, 0.5) is 5.69 Å². The van der Waals surface area contributed by atoms with Gasteiger partial charge in [0.15, 0.2) is 9.84 Å². The Morgan fingerprint density at radius 1 is 1.08 bits per heavy atom. The van der Waals surface area contributed by atoms with E-state index in [1.165, 1.54) is 6.26 Å². The van der Waals surface area contributed by atoms with Crippen LogP contribution in [-0.4, -0.2) is 20.7 Å². The van der Waals surface area contributed by atoms with E-state index in [4.69, 9.17) is 6.42 Å². The van der Waals surface area contributed by atoms with Gasteiger partial charge in [-0.3, -0.25) is 10.4 Å². The maximum atomic E-state index is 11.6. The van der Waals surface area contributed by atoms with Crippen LogP contribution in [0.25, 0.3) is 17.2 Å². The van der Waals surface area contributed by atoms with Crippen LogP contribution in [-0.2, 0) is 9.84 Å². The van der Waals surface area contributed by atoms with Crippen molar-refractivity contribution >= 4 is 21.6 Å². The number of terminal acetylenes is 1. The average Bonchev–Trinajstić information content (AvgIpc) is 2.59. The third-order valence-electron chi connectivity index (χ3n) is 4.12. The molecule has 0 saturated heterocycles. The first-order chi connectivity index (χ1) is 11.8. The summed E-state index contributed by atoms with van der Waals surface area (Å²) in [5, 5.41) is 2.04. The molecule has 5 heteroatoms. The highest BCUT2D eigenvalue weighted by Crippen LogP contribution is 2.32. The number of fused-ring (bicyclic) bond motifs is 1. The van der Waals surface area contributed by atoms with Crippen molar-refractivity contribution in [3.05, 3.63) is 53.7 Å². The monoisotopic (exact) mass is 352 g/mol. The largest absolute Gasteiger partial charge is 0.290 e. The van der Waals surface area contributed by atoms with E-state index < -0.39 is 9.84 Å². The number of nitrogens with one attached hydrogen (secondary N) is 1. The lowest BCUT2D eigenvalue weighted by molar-refractivity contribution is 0.602. The van der Waals surface area contributed by atoms with Gasteiger partial charge in [-0.2, -0.15) is 0 Å². The summed E-state index contributed by atoms with van der Waals surface area (Å²) in [6.07, 6.45) is 8.70. The number of hydrogen-bond donors (Lipinski definition) is 1. The summed E-state index contributed by atoms with van der Waals surface area (Å²) in [5.74, 6) is 2.65. The molecule has 0 aromatic heterocycles. The molecule has 0 amide bonds. The summed E-state index contributed by atoms with van der Waals surface area (Å²) < 4.78 is 23.2. The maximum Gasteiger partial charge on any atom is 0.175 e. The van der Waals surface area contributed by atoms with Gasteiger partial charge in [0, 0.05) is 17.9 Å². The molecule has 0 fully saturated rings. The van der Waals surface area contributed by atoms with Crippen LogP contribution in [0.3, 0.4) is 0 Å². The lowest BCUT2D eigenvalue weighted by Crippen LogP contribution is -2.44. The summed E-state index contributed by atoms with van der Waals surface area (Å²) >= 11 is 0. The fourth-order valence-corrected chi connectivity index (χ4v) is 3.44. The molecule has 0 radical (unpaired) electrons. The molecule has 4 nitrogen and oxygen atoms in total. The summed E-state index contributed by atoms with van der Waals surface area (Å²) in [6.45, 7) is 4.17. The zero-order valence-electron chi connectivity index (χ0n) is 14.4. The number of rotatable bonds is 3. The molecule has 0 atom stereocenters. The Labute approximate surface area is 149 Å². The Hall–Kier alpha value is -2.71. The number of anilines is 1. The van der Waals surface area contributed by atoms with Crippen LogP contribution in [0.15, 0.2) is 53.1 Å². The first-order valence-corrected chi connectivity index (χ1v) is 9.87. The van der Waals surface area contributed by atoms with E-state index in [1.54, 1.807) is 12.1 Å². The molecule has 0 unspecified atom stereocenters. The first-order valence-electron chi connectivity index (χ1n) is 7.98. The minimum absolute atomic E-state index is 0.221. The SMILES string of the molecule is C#CC1=Cc2ccc(-c3ccc(S(C)(=O)=O)cc3)cc2N(C(C)C)N1. The molecular formula is C20H20N2O2S. The average molecular weight is 352 g/mol. The Kier molecular flexibility index (Phi) is 4.32. The second-order valence-electron chi connectivity index (χ2n) is 6.35. The number of hydrazine groups is 1. The molecule has 0 spiro atoms. The van der Waals surface area contributed by atoms with Crippen molar-refractivity contribution in [2.45, 2.75) is 24.8 Å². The highest BCUT2D eigenvalue weighted by Gasteiger charge is 2.20. The van der Waals surface area contributed by atoms with Gasteiger partial charge >= 0.3 is 0 Å². The molecule has 1 N–H and O–H groups in total. The van der Waals surface area contributed by atoms with Gasteiger partial charge in [-0.15, -0.1) is 6.42 Å². The van der Waals surface area contributed by atoms with E-state index in [2.05, 4.69) is 31.3 Å². The number of sulfone groups is 1. The van der Waals surface area contributed by atoms with Crippen molar-refractivity contribution in [3.8, 4) is 23.5 Å². The van der Waals surface area contributed by atoms with E-state index in [1.807, 2.05) is 35.4 Å². The lowest BCUT2D eigenvalue weighted by Gasteiger charge is -2.34. The Morgan fingerprint density at radius 3 is 2.28 bits per heavy atom. The van der Waals surface area contributed by atoms with E-state index in [9.17, 15) is 8.42 Å². The first kappa shape index (κ1) is 17.1. The molecular weight excluding hydrogens is 332 g/mol. The van der Waals surface area contributed by atoms with Gasteiger partial charge in [0.1, 0.15) is 5.70 Å². The van der Waals surface area contributed by atoms with Crippen molar-refractivity contribution in [2.24, 2.45) is 0 Å². The van der Waals surface area contributed by atoms with Crippen LogP contribution in [0, 0.1) is 12.3 Å². The molecule has 25 heavy (non-hydrogen) atoms. The lowest BCUT2D eigenvalue weighted by atomic mass is 10.00. The zero-order valence-corrected chi connectivity index (χ0v) is 15.3. The van der Waals surface area contributed by atoms with E-state index in [-0.39, 0.29) is 6.04 Å². The third kappa shape index (κ3) is 3.40. The summed E-state index contributed by atoms with van der Waals surface area (Å²) in [4.78, 5) is 0.321. The van der Waals surface area contributed by atoms with Crippen molar-refractivity contribution in [3.63, 3.8) is 0 Å². The molecule has 0 aliphatic carbocycles. The molecule has 0 bridgehead atoms. The highest BCUT2D eigenvalue weighted by atomic mass is 32.2.